The third kappa shape index (κ3) is 2.80. The molecule has 1 aromatic carbocycles. The molecular formula is C10H13Cl2NS. The number of hydrogen-bond donors (Lipinski definition) is 1. The van der Waals surface area contributed by atoms with E-state index in [0.29, 0.717) is 6.04 Å². The molecule has 1 nitrogen and oxygen atoms in total. The Morgan fingerprint density at radius 3 is 2.79 bits per heavy atom. The van der Waals surface area contributed by atoms with Crippen molar-refractivity contribution in [2.24, 2.45) is 0 Å². The van der Waals surface area contributed by atoms with Crippen LogP contribution in [0.1, 0.15) is 11.6 Å². The van der Waals surface area contributed by atoms with Crippen molar-refractivity contribution >= 4 is 35.8 Å². The summed E-state index contributed by atoms with van der Waals surface area (Å²) in [6.07, 6.45) is 0. The summed E-state index contributed by atoms with van der Waals surface area (Å²) >= 11 is 8.09. The number of thioether (sulfide) groups is 1. The summed E-state index contributed by atoms with van der Waals surface area (Å²) in [7, 11) is 0. The van der Waals surface area contributed by atoms with Crippen LogP contribution in [0, 0.1) is 0 Å². The Morgan fingerprint density at radius 2 is 2.14 bits per heavy atom. The molecule has 0 aromatic heterocycles. The second kappa shape index (κ2) is 5.86. The number of rotatable bonds is 1. The lowest BCUT2D eigenvalue weighted by Gasteiger charge is -2.24. The SMILES string of the molecule is Cl.Clc1ccccc1C1CSCCN1. The van der Waals surface area contributed by atoms with Crippen molar-refractivity contribution in [2.45, 2.75) is 6.04 Å². The summed E-state index contributed by atoms with van der Waals surface area (Å²) in [6, 6.07) is 8.51. The van der Waals surface area contributed by atoms with E-state index in [0.717, 1.165) is 17.3 Å². The minimum atomic E-state index is 0. The first-order valence-electron chi connectivity index (χ1n) is 4.43. The summed E-state index contributed by atoms with van der Waals surface area (Å²) in [5.41, 5.74) is 1.23. The summed E-state index contributed by atoms with van der Waals surface area (Å²) in [6.45, 7) is 1.08. The summed E-state index contributed by atoms with van der Waals surface area (Å²) in [5, 5.41) is 4.35. The van der Waals surface area contributed by atoms with E-state index >= 15 is 0 Å². The smallest absolute Gasteiger partial charge is 0.0454 e. The maximum absolute atomic E-state index is 6.11. The van der Waals surface area contributed by atoms with Crippen LogP contribution in [0.2, 0.25) is 5.02 Å². The van der Waals surface area contributed by atoms with Gasteiger partial charge in [0.1, 0.15) is 0 Å². The van der Waals surface area contributed by atoms with Crippen molar-refractivity contribution in [1.82, 2.24) is 5.32 Å². The van der Waals surface area contributed by atoms with Crippen LogP contribution in [0.4, 0.5) is 0 Å². The van der Waals surface area contributed by atoms with Gasteiger partial charge in [0.2, 0.25) is 0 Å². The highest BCUT2D eigenvalue weighted by Crippen LogP contribution is 2.27. The van der Waals surface area contributed by atoms with Crippen LogP contribution in [0.5, 0.6) is 0 Å². The standard InChI is InChI=1S/C10H12ClNS.ClH/c11-9-4-2-1-3-8(9)10-7-13-6-5-12-10;/h1-4,10,12H,5-7H2;1H. The molecule has 1 aliphatic rings. The maximum atomic E-state index is 6.11. The average molecular weight is 250 g/mol. The first-order chi connectivity index (χ1) is 6.38. The predicted octanol–water partition coefficient (Wildman–Crippen LogP) is 3.14. The molecule has 1 heterocycles. The van der Waals surface area contributed by atoms with Gasteiger partial charge in [0, 0.05) is 29.1 Å². The zero-order chi connectivity index (χ0) is 9.10. The largest absolute Gasteiger partial charge is 0.308 e. The van der Waals surface area contributed by atoms with Gasteiger partial charge in [0.05, 0.1) is 0 Å². The van der Waals surface area contributed by atoms with E-state index < -0.39 is 0 Å². The number of nitrogens with one attached hydrogen (secondary N) is 1. The molecule has 0 bridgehead atoms. The molecule has 0 spiro atoms. The molecule has 2 rings (SSSR count). The average Bonchev–Trinajstić information content (AvgIpc) is 2.20. The second-order valence-corrected chi connectivity index (χ2v) is 4.66. The minimum absolute atomic E-state index is 0. The molecule has 0 aliphatic carbocycles. The zero-order valence-corrected chi connectivity index (χ0v) is 10.1. The van der Waals surface area contributed by atoms with Gasteiger partial charge >= 0.3 is 0 Å². The normalized spacial score (nSPS) is 21.4. The third-order valence-corrected chi connectivity index (χ3v) is 3.61. The van der Waals surface area contributed by atoms with Gasteiger partial charge in [-0.3, -0.25) is 0 Å². The molecule has 1 unspecified atom stereocenters. The third-order valence-electron chi connectivity index (χ3n) is 2.20. The van der Waals surface area contributed by atoms with Crippen molar-refractivity contribution in [3.8, 4) is 0 Å². The highest BCUT2D eigenvalue weighted by atomic mass is 35.5. The lowest BCUT2D eigenvalue weighted by Crippen LogP contribution is -2.30. The van der Waals surface area contributed by atoms with Crippen LogP contribution in [0.25, 0.3) is 0 Å². The molecule has 4 heteroatoms. The van der Waals surface area contributed by atoms with Crippen LogP contribution >= 0.6 is 35.8 Å². The Hall–Kier alpha value is 0.110. The van der Waals surface area contributed by atoms with E-state index in [1.54, 1.807) is 0 Å². The molecule has 1 N–H and O–H groups in total. The van der Waals surface area contributed by atoms with Crippen molar-refractivity contribution in [1.29, 1.82) is 0 Å². The number of hydrogen-bond acceptors (Lipinski definition) is 2. The fourth-order valence-electron chi connectivity index (χ4n) is 1.52. The summed E-state index contributed by atoms with van der Waals surface area (Å²) < 4.78 is 0. The summed E-state index contributed by atoms with van der Waals surface area (Å²) in [5.74, 6) is 2.34. The molecule has 1 fully saturated rings. The topological polar surface area (TPSA) is 12.0 Å². The number of halogens is 2. The Labute approximate surface area is 100 Å². The van der Waals surface area contributed by atoms with Gasteiger partial charge in [0.25, 0.3) is 0 Å². The van der Waals surface area contributed by atoms with Gasteiger partial charge in [-0.15, -0.1) is 12.4 Å². The first-order valence-corrected chi connectivity index (χ1v) is 5.97. The molecular weight excluding hydrogens is 237 g/mol. The molecule has 0 saturated carbocycles. The van der Waals surface area contributed by atoms with Crippen molar-refractivity contribution in [2.75, 3.05) is 18.1 Å². The van der Waals surface area contributed by atoms with E-state index in [-0.39, 0.29) is 12.4 Å². The van der Waals surface area contributed by atoms with Crippen molar-refractivity contribution in [3.63, 3.8) is 0 Å². The van der Waals surface area contributed by atoms with E-state index in [9.17, 15) is 0 Å². The van der Waals surface area contributed by atoms with Crippen LogP contribution < -0.4 is 5.32 Å². The monoisotopic (exact) mass is 249 g/mol. The first kappa shape index (κ1) is 12.2. The lowest BCUT2D eigenvalue weighted by atomic mass is 10.1. The van der Waals surface area contributed by atoms with Gasteiger partial charge in [0.15, 0.2) is 0 Å². The van der Waals surface area contributed by atoms with Crippen molar-refractivity contribution in [3.05, 3.63) is 34.9 Å². The fourth-order valence-corrected chi connectivity index (χ4v) is 2.75. The van der Waals surface area contributed by atoms with Gasteiger partial charge in [-0.05, 0) is 11.6 Å². The Kier molecular flexibility index (Phi) is 5.10. The van der Waals surface area contributed by atoms with Gasteiger partial charge in [-0.1, -0.05) is 29.8 Å². The molecule has 14 heavy (non-hydrogen) atoms. The molecule has 1 atom stereocenters. The Morgan fingerprint density at radius 1 is 1.36 bits per heavy atom. The van der Waals surface area contributed by atoms with Crippen LogP contribution in [0.3, 0.4) is 0 Å². The van der Waals surface area contributed by atoms with Gasteiger partial charge in [-0.25, -0.2) is 0 Å². The molecule has 1 saturated heterocycles. The summed E-state index contributed by atoms with van der Waals surface area (Å²) in [4.78, 5) is 0. The predicted molar refractivity (Wildman–Crippen MR) is 66.8 cm³/mol. The van der Waals surface area contributed by atoms with E-state index in [4.69, 9.17) is 11.6 Å². The molecule has 1 aliphatic heterocycles. The lowest BCUT2D eigenvalue weighted by molar-refractivity contribution is 0.595. The molecule has 1 aromatic rings. The van der Waals surface area contributed by atoms with Crippen LogP contribution in [-0.4, -0.2) is 18.1 Å². The maximum Gasteiger partial charge on any atom is 0.0454 e. The molecule has 0 amide bonds. The molecule has 78 valence electrons. The Balaban J connectivity index is 0.000000980. The second-order valence-electron chi connectivity index (χ2n) is 3.10. The van der Waals surface area contributed by atoms with E-state index in [2.05, 4.69) is 11.4 Å². The zero-order valence-electron chi connectivity index (χ0n) is 7.70. The fraction of sp³-hybridized carbons (Fsp3) is 0.400. The van der Waals surface area contributed by atoms with Gasteiger partial charge < -0.3 is 5.32 Å². The van der Waals surface area contributed by atoms with E-state index in [1.807, 2.05) is 30.0 Å². The minimum Gasteiger partial charge on any atom is -0.308 e. The number of benzene rings is 1. The Bertz CT molecular complexity index is 287. The quantitative estimate of drug-likeness (QED) is 0.821. The van der Waals surface area contributed by atoms with Gasteiger partial charge in [-0.2, -0.15) is 11.8 Å². The van der Waals surface area contributed by atoms with Crippen LogP contribution in [0.15, 0.2) is 24.3 Å². The van der Waals surface area contributed by atoms with Crippen molar-refractivity contribution < 1.29 is 0 Å². The molecule has 0 radical (unpaired) electrons. The van der Waals surface area contributed by atoms with E-state index in [1.165, 1.54) is 11.3 Å². The van der Waals surface area contributed by atoms with Crippen LogP contribution in [-0.2, 0) is 0 Å². The highest BCUT2D eigenvalue weighted by molar-refractivity contribution is 7.99. The highest BCUT2D eigenvalue weighted by Gasteiger charge is 2.16.